The van der Waals surface area contributed by atoms with E-state index in [0.29, 0.717) is 11.3 Å². The van der Waals surface area contributed by atoms with E-state index in [0.717, 1.165) is 11.1 Å². The fraction of sp³-hybridized carbons (Fsp3) is 0.200. The SMILES string of the molecule is CS(=O)(=O)c1ccccc1CC(N)c1ccccc1. The summed E-state index contributed by atoms with van der Waals surface area (Å²) >= 11 is 0. The van der Waals surface area contributed by atoms with Gasteiger partial charge in [-0.05, 0) is 23.6 Å². The molecule has 0 heterocycles. The normalized spacial score (nSPS) is 13.2. The highest BCUT2D eigenvalue weighted by Crippen LogP contribution is 2.21. The maximum absolute atomic E-state index is 11.7. The van der Waals surface area contributed by atoms with Gasteiger partial charge in [0.2, 0.25) is 0 Å². The third-order valence-corrected chi connectivity index (χ3v) is 4.24. The van der Waals surface area contributed by atoms with Gasteiger partial charge < -0.3 is 5.73 Å². The van der Waals surface area contributed by atoms with Gasteiger partial charge in [0.25, 0.3) is 0 Å². The van der Waals surface area contributed by atoms with Crippen molar-refractivity contribution < 1.29 is 8.42 Å². The van der Waals surface area contributed by atoms with Crippen LogP contribution in [0.3, 0.4) is 0 Å². The van der Waals surface area contributed by atoms with Crippen LogP contribution in [0.15, 0.2) is 59.5 Å². The van der Waals surface area contributed by atoms with Crippen LogP contribution in [0.4, 0.5) is 0 Å². The van der Waals surface area contributed by atoms with Crippen molar-refractivity contribution in [1.82, 2.24) is 0 Å². The number of hydrogen-bond donors (Lipinski definition) is 1. The van der Waals surface area contributed by atoms with E-state index in [2.05, 4.69) is 0 Å². The van der Waals surface area contributed by atoms with E-state index in [9.17, 15) is 8.42 Å². The van der Waals surface area contributed by atoms with Gasteiger partial charge in [0, 0.05) is 12.3 Å². The largest absolute Gasteiger partial charge is 0.324 e. The molecule has 2 rings (SSSR count). The summed E-state index contributed by atoms with van der Waals surface area (Å²) in [5, 5.41) is 0. The van der Waals surface area contributed by atoms with Crippen LogP contribution in [0.25, 0.3) is 0 Å². The minimum Gasteiger partial charge on any atom is -0.324 e. The minimum absolute atomic E-state index is 0.205. The molecule has 0 aromatic heterocycles. The van der Waals surface area contributed by atoms with Crippen molar-refractivity contribution in [3.05, 3.63) is 65.7 Å². The van der Waals surface area contributed by atoms with Crippen LogP contribution in [-0.4, -0.2) is 14.7 Å². The third-order valence-electron chi connectivity index (χ3n) is 3.04. The van der Waals surface area contributed by atoms with E-state index < -0.39 is 9.84 Å². The average molecular weight is 275 g/mol. The molecule has 3 nitrogen and oxygen atoms in total. The van der Waals surface area contributed by atoms with Crippen molar-refractivity contribution in [2.45, 2.75) is 17.4 Å². The fourth-order valence-corrected chi connectivity index (χ4v) is 3.04. The lowest BCUT2D eigenvalue weighted by Crippen LogP contribution is -2.15. The van der Waals surface area contributed by atoms with E-state index in [1.807, 2.05) is 42.5 Å². The number of benzene rings is 2. The molecule has 0 spiro atoms. The maximum Gasteiger partial charge on any atom is 0.175 e. The fourth-order valence-electron chi connectivity index (χ4n) is 2.09. The first kappa shape index (κ1) is 13.8. The second kappa shape index (κ2) is 5.55. The monoisotopic (exact) mass is 275 g/mol. The molecule has 0 radical (unpaired) electrons. The van der Waals surface area contributed by atoms with Crippen LogP contribution >= 0.6 is 0 Å². The summed E-state index contributed by atoms with van der Waals surface area (Å²) < 4.78 is 23.5. The molecule has 2 aromatic carbocycles. The average Bonchev–Trinajstić information content (AvgIpc) is 2.39. The second-order valence-corrected chi connectivity index (χ2v) is 6.59. The summed E-state index contributed by atoms with van der Waals surface area (Å²) in [5.41, 5.74) is 7.91. The Morgan fingerprint density at radius 1 is 1.00 bits per heavy atom. The van der Waals surface area contributed by atoms with Crippen LogP contribution in [0, 0.1) is 0 Å². The summed E-state index contributed by atoms with van der Waals surface area (Å²) in [5.74, 6) is 0. The zero-order valence-electron chi connectivity index (χ0n) is 10.8. The van der Waals surface area contributed by atoms with Crippen LogP contribution in [-0.2, 0) is 16.3 Å². The summed E-state index contributed by atoms with van der Waals surface area (Å²) in [6.45, 7) is 0. The van der Waals surface area contributed by atoms with Crippen molar-refractivity contribution in [3.63, 3.8) is 0 Å². The van der Waals surface area contributed by atoms with Gasteiger partial charge in [-0.3, -0.25) is 0 Å². The molecule has 2 N–H and O–H groups in total. The predicted molar refractivity (Wildman–Crippen MR) is 76.6 cm³/mol. The number of sulfone groups is 1. The van der Waals surface area contributed by atoms with E-state index in [1.165, 1.54) is 6.26 Å². The Labute approximate surface area is 114 Å². The summed E-state index contributed by atoms with van der Waals surface area (Å²) in [7, 11) is -3.22. The quantitative estimate of drug-likeness (QED) is 0.931. The molecule has 4 heteroatoms. The zero-order chi connectivity index (χ0) is 13.9. The van der Waals surface area contributed by atoms with Gasteiger partial charge in [0.05, 0.1) is 4.90 Å². The van der Waals surface area contributed by atoms with E-state index >= 15 is 0 Å². The van der Waals surface area contributed by atoms with E-state index in [4.69, 9.17) is 5.73 Å². The molecule has 0 saturated carbocycles. The second-order valence-electron chi connectivity index (χ2n) is 4.60. The van der Waals surface area contributed by atoms with Crippen molar-refractivity contribution in [1.29, 1.82) is 0 Å². The highest BCUT2D eigenvalue weighted by atomic mass is 32.2. The number of hydrogen-bond acceptors (Lipinski definition) is 3. The van der Waals surface area contributed by atoms with E-state index in [-0.39, 0.29) is 6.04 Å². The van der Waals surface area contributed by atoms with Crippen molar-refractivity contribution >= 4 is 9.84 Å². The maximum atomic E-state index is 11.7. The molecule has 2 aromatic rings. The highest BCUT2D eigenvalue weighted by molar-refractivity contribution is 7.90. The lowest BCUT2D eigenvalue weighted by atomic mass is 10.00. The highest BCUT2D eigenvalue weighted by Gasteiger charge is 2.15. The van der Waals surface area contributed by atoms with Crippen LogP contribution in [0.2, 0.25) is 0 Å². The van der Waals surface area contributed by atoms with Crippen LogP contribution < -0.4 is 5.73 Å². The van der Waals surface area contributed by atoms with Gasteiger partial charge in [-0.2, -0.15) is 0 Å². The Hall–Kier alpha value is -1.65. The summed E-state index contributed by atoms with van der Waals surface area (Å²) in [6, 6.07) is 16.5. The minimum atomic E-state index is -3.22. The topological polar surface area (TPSA) is 60.2 Å². The molecule has 0 bridgehead atoms. The summed E-state index contributed by atoms with van der Waals surface area (Å²) in [6.07, 6.45) is 1.73. The molecular formula is C15H17NO2S. The first-order valence-electron chi connectivity index (χ1n) is 6.07. The van der Waals surface area contributed by atoms with Gasteiger partial charge >= 0.3 is 0 Å². The van der Waals surface area contributed by atoms with Crippen molar-refractivity contribution in [2.75, 3.05) is 6.26 Å². The van der Waals surface area contributed by atoms with Gasteiger partial charge in [0.1, 0.15) is 0 Å². The van der Waals surface area contributed by atoms with Gasteiger partial charge in [-0.15, -0.1) is 0 Å². The molecular weight excluding hydrogens is 258 g/mol. The Balaban J connectivity index is 2.30. The van der Waals surface area contributed by atoms with Crippen molar-refractivity contribution in [3.8, 4) is 0 Å². The lowest BCUT2D eigenvalue weighted by molar-refractivity contribution is 0.599. The van der Waals surface area contributed by atoms with E-state index in [1.54, 1.807) is 12.1 Å². The van der Waals surface area contributed by atoms with Crippen LogP contribution in [0.1, 0.15) is 17.2 Å². The Morgan fingerprint density at radius 3 is 2.21 bits per heavy atom. The number of nitrogens with two attached hydrogens (primary N) is 1. The smallest absolute Gasteiger partial charge is 0.175 e. The Bertz CT molecular complexity index is 651. The first-order chi connectivity index (χ1) is 8.98. The molecule has 0 aliphatic carbocycles. The van der Waals surface area contributed by atoms with Gasteiger partial charge in [-0.25, -0.2) is 8.42 Å². The molecule has 1 atom stereocenters. The lowest BCUT2D eigenvalue weighted by Gasteiger charge is -2.14. The number of rotatable bonds is 4. The van der Waals surface area contributed by atoms with Crippen LogP contribution in [0.5, 0.6) is 0 Å². The molecule has 0 fully saturated rings. The van der Waals surface area contributed by atoms with Gasteiger partial charge in [-0.1, -0.05) is 48.5 Å². The zero-order valence-corrected chi connectivity index (χ0v) is 11.6. The Kier molecular flexibility index (Phi) is 4.02. The van der Waals surface area contributed by atoms with Gasteiger partial charge in [0.15, 0.2) is 9.84 Å². The summed E-state index contributed by atoms with van der Waals surface area (Å²) in [4.78, 5) is 0.362. The molecule has 0 aliphatic rings. The van der Waals surface area contributed by atoms with Crippen molar-refractivity contribution in [2.24, 2.45) is 5.73 Å². The molecule has 19 heavy (non-hydrogen) atoms. The predicted octanol–water partition coefficient (Wildman–Crippen LogP) is 2.33. The third kappa shape index (κ3) is 3.43. The molecule has 0 amide bonds. The first-order valence-corrected chi connectivity index (χ1v) is 7.96. The Morgan fingerprint density at radius 2 is 1.58 bits per heavy atom. The molecule has 1 unspecified atom stereocenters. The molecule has 100 valence electrons. The molecule has 0 saturated heterocycles. The molecule has 0 aliphatic heterocycles. The standard InChI is InChI=1S/C15H17NO2S/c1-19(17,18)15-10-6-5-9-13(15)11-14(16)12-7-3-2-4-8-12/h2-10,14H,11,16H2,1H3.